The van der Waals surface area contributed by atoms with E-state index in [9.17, 15) is 4.79 Å². The van der Waals surface area contributed by atoms with Crippen LogP contribution in [0.15, 0.2) is 36.5 Å². The Morgan fingerprint density at radius 1 is 1.11 bits per heavy atom. The number of hydrogen-bond acceptors (Lipinski definition) is 1. The van der Waals surface area contributed by atoms with Crippen LogP contribution in [-0.2, 0) is 4.79 Å². The molecule has 0 unspecified atom stereocenters. The highest BCUT2D eigenvalue weighted by atomic mass is 16.1. The van der Waals surface area contributed by atoms with Crippen LogP contribution in [0.3, 0.4) is 0 Å². The van der Waals surface area contributed by atoms with Crippen LogP contribution >= 0.6 is 0 Å². The summed E-state index contributed by atoms with van der Waals surface area (Å²) in [6, 6.07) is 0. The molecule has 46 valence electrons. The third kappa shape index (κ3) is 2.08. The summed E-state index contributed by atoms with van der Waals surface area (Å²) in [4.78, 5) is 10.6. The highest BCUT2D eigenvalue weighted by Gasteiger charge is 1.86. The Kier molecular flexibility index (Phi) is 2.02. The summed E-state index contributed by atoms with van der Waals surface area (Å²) in [5.74, 6) is 0.0688. The summed E-state index contributed by atoms with van der Waals surface area (Å²) in [7, 11) is 0. The zero-order valence-corrected chi connectivity index (χ0v) is 5.08. The van der Waals surface area contributed by atoms with E-state index < -0.39 is 0 Å². The largest absolute Gasteiger partial charge is 0.290 e. The third-order valence-electron chi connectivity index (χ3n) is 1.06. The van der Waals surface area contributed by atoms with E-state index in [0.29, 0.717) is 0 Å². The minimum Gasteiger partial charge on any atom is -0.290 e. The summed E-state index contributed by atoms with van der Waals surface area (Å²) in [6.07, 6.45) is 11.5. The second-order valence-electron chi connectivity index (χ2n) is 1.83. The van der Waals surface area contributed by atoms with Crippen molar-refractivity contribution in [3.8, 4) is 0 Å². The average Bonchev–Trinajstić information content (AvgIpc) is 1.79. The van der Waals surface area contributed by atoms with Gasteiger partial charge in [0.25, 0.3) is 0 Å². The molecule has 0 radical (unpaired) electrons. The van der Waals surface area contributed by atoms with Crippen LogP contribution in [0.25, 0.3) is 0 Å². The number of carbonyl (C=O) groups excluding carboxylic acids is 1. The second-order valence-corrected chi connectivity index (χ2v) is 1.83. The molecule has 0 fully saturated rings. The smallest absolute Gasteiger partial charge is 0.178 e. The highest BCUT2D eigenvalue weighted by Crippen LogP contribution is 1.92. The molecule has 1 nitrogen and oxygen atoms in total. The quantitative estimate of drug-likeness (QED) is 0.474. The maximum atomic E-state index is 10.6. The van der Waals surface area contributed by atoms with E-state index in [4.69, 9.17) is 0 Å². The van der Waals surface area contributed by atoms with Crippen LogP contribution in [0.1, 0.15) is 6.42 Å². The van der Waals surface area contributed by atoms with Crippen molar-refractivity contribution in [2.45, 2.75) is 6.42 Å². The van der Waals surface area contributed by atoms with Gasteiger partial charge in [-0.05, 0) is 18.6 Å². The molecule has 0 saturated carbocycles. The molecule has 0 saturated heterocycles. The first kappa shape index (κ1) is 6.02. The Morgan fingerprint density at radius 2 is 2.00 bits per heavy atom. The molecule has 1 aliphatic carbocycles. The van der Waals surface area contributed by atoms with Crippen LogP contribution in [0.4, 0.5) is 0 Å². The fourth-order valence-electron chi connectivity index (χ4n) is 0.626. The Hall–Kier alpha value is -1.11. The van der Waals surface area contributed by atoms with Gasteiger partial charge in [0.1, 0.15) is 0 Å². The molecule has 0 aromatic heterocycles. The average molecular weight is 120 g/mol. The Morgan fingerprint density at radius 3 is 2.89 bits per heavy atom. The van der Waals surface area contributed by atoms with E-state index in [2.05, 4.69) is 0 Å². The van der Waals surface area contributed by atoms with Crippen molar-refractivity contribution in [2.75, 3.05) is 0 Å². The number of carbonyl (C=O) groups is 1. The molecule has 0 spiro atoms. The molecule has 0 aromatic carbocycles. The van der Waals surface area contributed by atoms with Gasteiger partial charge < -0.3 is 0 Å². The predicted octanol–water partition coefficient (Wildman–Crippen LogP) is 1.63. The Labute approximate surface area is 54.4 Å². The first-order valence-electron chi connectivity index (χ1n) is 2.93. The molecule has 0 aliphatic heterocycles. The summed E-state index contributed by atoms with van der Waals surface area (Å²) in [5, 5.41) is 0. The molecular weight excluding hydrogens is 112 g/mol. The van der Waals surface area contributed by atoms with Gasteiger partial charge in [-0.3, -0.25) is 4.79 Å². The lowest BCUT2D eigenvalue weighted by Crippen LogP contribution is -1.84. The van der Waals surface area contributed by atoms with Crippen molar-refractivity contribution < 1.29 is 4.79 Å². The topological polar surface area (TPSA) is 17.1 Å². The first-order chi connectivity index (χ1) is 4.39. The fourth-order valence-corrected chi connectivity index (χ4v) is 0.626. The van der Waals surface area contributed by atoms with Gasteiger partial charge in [0.2, 0.25) is 0 Å². The van der Waals surface area contributed by atoms with Crippen LogP contribution in [-0.4, -0.2) is 5.78 Å². The van der Waals surface area contributed by atoms with Gasteiger partial charge in [-0.2, -0.15) is 0 Å². The summed E-state index contributed by atoms with van der Waals surface area (Å²) in [6.45, 7) is 0. The number of hydrogen-bond donors (Lipinski definition) is 0. The van der Waals surface area contributed by atoms with E-state index in [0.717, 1.165) is 6.42 Å². The minimum atomic E-state index is 0.0688. The third-order valence-corrected chi connectivity index (χ3v) is 1.06. The van der Waals surface area contributed by atoms with Crippen molar-refractivity contribution in [3.05, 3.63) is 36.5 Å². The van der Waals surface area contributed by atoms with Gasteiger partial charge in [0.15, 0.2) is 5.78 Å². The van der Waals surface area contributed by atoms with Gasteiger partial charge >= 0.3 is 0 Å². The predicted molar refractivity (Wildman–Crippen MR) is 37.0 cm³/mol. The zero-order valence-electron chi connectivity index (χ0n) is 5.08. The standard InChI is InChI=1S/C8H8O/c9-8-6-4-2-1-3-5-7-8/h1-2,4-7H,3H2/b2-1-,6-4?,7-5-. The summed E-state index contributed by atoms with van der Waals surface area (Å²) < 4.78 is 0. The van der Waals surface area contributed by atoms with Gasteiger partial charge in [0, 0.05) is 0 Å². The van der Waals surface area contributed by atoms with Crippen molar-refractivity contribution >= 4 is 5.78 Å². The second kappa shape index (κ2) is 3.02. The van der Waals surface area contributed by atoms with E-state index in [1.54, 1.807) is 18.2 Å². The van der Waals surface area contributed by atoms with Crippen molar-refractivity contribution in [1.82, 2.24) is 0 Å². The lowest BCUT2D eigenvalue weighted by atomic mass is 10.2. The lowest BCUT2D eigenvalue weighted by Gasteiger charge is -1.85. The van der Waals surface area contributed by atoms with Crippen molar-refractivity contribution in [1.29, 1.82) is 0 Å². The maximum absolute atomic E-state index is 10.6. The molecule has 1 heteroatoms. The summed E-state index contributed by atoms with van der Waals surface area (Å²) >= 11 is 0. The van der Waals surface area contributed by atoms with Crippen molar-refractivity contribution in [3.63, 3.8) is 0 Å². The van der Waals surface area contributed by atoms with Gasteiger partial charge in [-0.25, -0.2) is 0 Å². The van der Waals surface area contributed by atoms with Gasteiger partial charge in [0.05, 0.1) is 0 Å². The van der Waals surface area contributed by atoms with E-state index >= 15 is 0 Å². The van der Waals surface area contributed by atoms with Crippen LogP contribution in [0.5, 0.6) is 0 Å². The lowest BCUT2D eigenvalue weighted by molar-refractivity contribution is -0.110. The Bertz CT molecular complexity index is 185. The fraction of sp³-hybridized carbons (Fsp3) is 0.125. The monoisotopic (exact) mass is 120 g/mol. The van der Waals surface area contributed by atoms with E-state index in [-0.39, 0.29) is 5.78 Å². The van der Waals surface area contributed by atoms with Gasteiger partial charge in [-0.1, -0.05) is 24.3 Å². The number of rotatable bonds is 0. The molecule has 0 heterocycles. The van der Waals surface area contributed by atoms with Crippen LogP contribution < -0.4 is 0 Å². The molecular formula is C8H8O. The normalized spacial score (nSPS) is 24.7. The molecule has 0 bridgehead atoms. The van der Waals surface area contributed by atoms with E-state index in [1.807, 2.05) is 18.2 Å². The summed E-state index contributed by atoms with van der Waals surface area (Å²) in [5.41, 5.74) is 0. The Balaban J connectivity index is 2.72. The number of allylic oxidation sites excluding steroid dienone is 6. The van der Waals surface area contributed by atoms with Crippen LogP contribution in [0.2, 0.25) is 0 Å². The molecule has 0 aromatic rings. The molecule has 1 aliphatic rings. The molecule has 9 heavy (non-hydrogen) atoms. The molecule has 0 amide bonds. The number of ketones is 1. The highest BCUT2D eigenvalue weighted by molar-refractivity contribution is 5.99. The molecule has 0 N–H and O–H groups in total. The molecule has 0 atom stereocenters. The van der Waals surface area contributed by atoms with E-state index in [1.165, 1.54) is 0 Å². The first-order valence-corrected chi connectivity index (χ1v) is 2.93. The van der Waals surface area contributed by atoms with Crippen LogP contribution in [0, 0.1) is 0 Å². The minimum absolute atomic E-state index is 0.0688. The van der Waals surface area contributed by atoms with Gasteiger partial charge in [-0.15, -0.1) is 0 Å². The molecule has 1 rings (SSSR count). The van der Waals surface area contributed by atoms with Crippen molar-refractivity contribution in [2.24, 2.45) is 0 Å². The maximum Gasteiger partial charge on any atom is 0.178 e. The SMILES string of the molecule is O=C1C=C/C=C\C/C=C\1. The zero-order chi connectivity index (χ0) is 6.53.